The fourth-order valence-corrected chi connectivity index (χ4v) is 2.53. The molecule has 1 aromatic heterocycles. The van der Waals surface area contributed by atoms with Gasteiger partial charge in [-0.25, -0.2) is 4.98 Å². The maximum atomic E-state index is 9.82. The Labute approximate surface area is 123 Å². The second-order valence-electron chi connectivity index (χ2n) is 5.24. The van der Waals surface area contributed by atoms with E-state index in [1.807, 2.05) is 54.0 Å². The molecule has 0 amide bonds. The van der Waals surface area contributed by atoms with Gasteiger partial charge in [0.1, 0.15) is 5.82 Å². The molecule has 0 aliphatic heterocycles. The van der Waals surface area contributed by atoms with E-state index >= 15 is 0 Å². The van der Waals surface area contributed by atoms with Crippen molar-refractivity contribution in [1.29, 1.82) is 0 Å². The van der Waals surface area contributed by atoms with Gasteiger partial charge in [0.2, 0.25) is 0 Å². The third-order valence-corrected chi connectivity index (χ3v) is 3.53. The first-order chi connectivity index (χ1) is 10.2. The highest BCUT2D eigenvalue weighted by atomic mass is 16.3. The van der Waals surface area contributed by atoms with Crippen molar-refractivity contribution >= 4 is 11.0 Å². The molecule has 4 heteroatoms. The molecule has 0 aliphatic carbocycles. The van der Waals surface area contributed by atoms with Gasteiger partial charge in [-0.1, -0.05) is 35.9 Å². The van der Waals surface area contributed by atoms with Gasteiger partial charge < -0.3 is 14.8 Å². The molecule has 3 rings (SSSR count). The minimum Gasteiger partial charge on any atom is -0.394 e. The summed E-state index contributed by atoms with van der Waals surface area (Å²) in [7, 11) is 0. The Bertz CT molecular complexity index is 764. The summed E-state index contributed by atoms with van der Waals surface area (Å²) in [6, 6.07) is 15.9. The van der Waals surface area contributed by atoms with E-state index in [-0.39, 0.29) is 6.61 Å². The monoisotopic (exact) mass is 282 g/mol. The number of aryl methyl sites for hydroxylation is 1. The highest BCUT2D eigenvalue weighted by molar-refractivity contribution is 5.80. The molecule has 0 fully saturated rings. The van der Waals surface area contributed by atoms with Gasteiger partial charge in [0.15, 0.2) is 0 Å². The first-order valence-corrected chi connectivity index (χ1v) is 7.00. The third kappa shape index (κ3) is 2.68. The molecule has 0 unspecified atom stereocenters. The Morgan fingerprint density at radius 1 is 1.14 bits per heavy atom. The first kappa shape index (κ1) is 13.8. The molecule has 3 aromatic rings. The summed E-state index contributed by atoms with van der Waals surface area (Å²) < 4.78 is 1.96. The highest BCUT2D eigenvalue weighted by Crippen LogP contribution is 2.25. The quantitative estimate of drug-likeness (QED) is 0.772. The summed E-state index contributed by atoms with van der Waals surface area (Å²) in [5.41, 5.74) is 4.02. The molecule has 108 valence electrons. The number of hydrogen-bond donors (Lipinski definition) is 2. The Kier molecular flexibility index (Phi) is 3.73. The molecule has 0 saturated carbocycles. The molecule has 1 atom stereocenters. The van der Waals surface area contributed by atoms with Crippen molar-refractivity contribution in [2.24, 2.45) is 0 Å². The van der Waals surface area contributed by atoms with E-state index in [1.54, 1.807) is 0 Å². The van der Waals surface area contributed by atoms with Gasteiger partial charge in [0, 0.05) is 5.56 Å². The number of nitrogens with zero attached hydrogens (tertiary/aromatic N) is 2. The molecule has 0 radical (unpaired) electrons. The van der Waals surface area contributed by atoms with Crippen LogP contribution in [-0.2, 0) is 6.54 Å². The van der Waals surface area contributed by atoms with Crippen LogP contribution < -0.4 is 0 Å². The molecule has 21 heavy (non-hydrogen) atoms. The number of aromatic nitrogens is 2. The van der Waals surface area contributed by atoms with Crippen LogP contribution in [0.5, 0.6) is 0 Å². The number of aliphatic hydroxyl groups is 2. The lowest BCUT2D eigenvalue weighted by Gasteiger charge is -2.13. The van der Waals surface area contributed by atoms with Gasteiger partial charge in [-0.05, 0) is 25.1 Å². The predicted octanol–water partition coefficient (Wildman–Crippen LogP) is 2.36. The Hall–Kier alpha value is -2.17. The van der Waals surface area contributed by atoms with Crippen molar-refractivity contribution in [1.82, 2.24) is 9.55 Å². The Balaban J connectivity index is 2.18. The smallest absolute Gasteiger partial charge is 0.141 e. The lowest BCUT2D eigenvalue weighted by Crippen LogP contribution is -2.20. The highest BCUT2D eigenvalue weighted by Gasteiger charge is 2.15. The van der Waals surface area contributed by atoms with Gasteiger partial charge in [-0.3, -0.25) is 0 Å². The summed E-state index contributed by atoms with van der Waals surface area (Å²) in [4.78, 5) is 4.68. The number of aliphatic hydroxyl groups excluding tert-OH is 2. The van der Waals surface area contributed by atoms with Crippen LogP contribution in [-0.4, -0.2) is 32.5 Å². The number of rotatable bonds is 4. The zero-order chi connectivity index (χ0) is 14.8. The van der Waals surface area contributed by atoms with Crippen LogP contribution in [0.2, 0.25) is 0 Å². The minimum absolute atomic E-state index is 0.264. The average Bonchev–Trinajstić information content (AvgIpc) is 2.86. The second-order valence-corrected chi connectivity index (χ2v) is 5.24. The van der Waals surface area contributed by atoms with Gasteiger partial charge in [-0.15, -0.1) is 0 Å². The molecule has 0 bridgehead atoms. The zero-order valence-electron chi connectivity index (χ0n) is 11.9. The van der Waals surface area contributed by atoms with Crippen LogP contribution in [0.1, 0.15) is 5.56 Å². The lowest BCUT2D eigenvalue weighted by molar-refractivity contribution is 0.0824. The van der Waals surface area contributed by atoms with E-state index in [9.17, 15) is 5.11 Å². The molecule has 4 nitrogen and oxygen atoms in total. The minimum atomic E-state index is -0.800. The van der Waals surface area contributed by atoms with Gasteiger partial charge >= 0.3 is 0 Å². The van der Waals surface area contributed by atoms with Gasteiger partial charge in [0.25, 0.3) is 0 Å². The molecular formula is C17H18N2O2. The number of fused-ring (bicyclic) bond motifs is 1. The van der Waals surface area contributed by atoms with Gasteiger partial charge in [-0.2, -0.15) is 0 Å². The summed E-state index contributed by atoms with van der Waals surface area (Å²) in [5.74, 6) is 0.812. The Morgan fingerprint density at radius 3 is 2.71 bits per heavy atom. The van der Waals surface area contributed by atoms with Crippen LogP contribution in [0.25, 0.3) is 22.4 Å². The number of hydrogen-bond acceptors (Lipinski definition) is 3. The number of para-hydroxylation sites is 2. The van der Waals surface area contributed by atoms with Crippen LogP contribution in [0.3, 0.4) is 0 Å². The fourth-order valence-electron chi connectivity index (χ4n) is 2.53. The number of imidazole rings is 1. The van der Waals surface area contributed by atoms with E-state index in [0.717, 1.165) is 28.0 Å². The summed E-state index contributed by atoms with van der Waals surface area (Å²) in [6.45, 7) is 2.10. The summed E-state index contributed by atoms with van der Waals surface area (Å²) >= 11 is 0. The predicted molar refractivity (Wildman–Crippen MR) is 83.0 cm³/mol. The van der Waals surface area contributed by atoms with Crippen molar-refractivity contribution in [3.8, 4) is 11.4 Å². The standard InChI is InChI=1S/C17H18N2O2/c1-12-5-4-6-13(9-12)17-18-15-7-2-3-8-16(15)19(17)10-14(21)11-20/h2-9,14,20-21H,10-11H2,1H3/t14-/m1/s1. The summed E-state index contributed by atoms with van der Waals surface area (Å²) in [6.07, 6.45) is -0.800. The average molecular weight is 282 g/mol. The van der Waals surface area contributed by atoms with Crippen LogP contribution in [0.15, 0.2) is 48.5 Å². The molecule has 0 spiro atoms. The van der Waals surface area contributed by atoms with E-state index < -0.39 is 6.10 Å². The van der Waals surface area contributed by atoms with E-state index in [0.29, 0.717) is 6.54 Å². The van der Waals surface area contributed by atoms with Crippen molar-refractivity contribution in [2.75, 3.05) is 6.61 Å². The SMILES string of the molecule is Cc1cccc(-c2nc3ccccc3n2C[C@@H](O)CO)c1. The fraction of sp³-hybridized carbons (Fsp3) is 0.235. The van der Waals surface area contributed by atoms with E-state index in [4.69, 9.17) is 5.11 Å². The summed E-state index contributed by atoms with van der Waals surface area (Å²) in [5, 5.41) is 18.9. The molecule has 0 aliphatic rings. The molecule has 2 aromatic carbocycles. The van der Waals surface area contributed by atoms with E-state index in [1.165, 1.54) is 0 Å². The van der Waals surface area contributed by atoms with Crippen LogP contribution >= 0.6 is 0 Å². The topological polar surface area (TPSA) is 58.3 Å². The van der Waals surface area contributed by atoms with Crippen LogP contribution in [0.4, 0.5) is 0 Å². The lowest BCUT2D eigenvalue weighted by atomic mass is 10.1. The second kappa shape index (κ2) is 5.68. The normalized spacial score (nSPS) is 12.7. The van der Waals surface area contributed by atoms with Gasteiger partial charge in [0.05, 0.1) is 30.3 Å². The molecule has 0 saturated heterocycles. The first-order valence-electron chi connectivity index (χ1n) is 7.00. The largest absolute Gasteiger partial charge is 0.394 e. The molecule has 1 heterocycles. The third-order valence-electron chi connectivity index (χ3n) is 3.53. The zero-order valence-corrected chi connectivity index (χ0v) is 11.9. The van der Waals surface area contributed by atoms with Crippen LogP contribution in [0, 0.1) is 6.92 Å². The maximum Gasteiger partial charge on any atom is 0.141 e. The van der Waals surface area contributed by atoms with E-state index in [2.05, 4.69) is 11.1 Å². The van der Waals surface area contributed by atoms with Crippen molar-refractivity contribution in [3.63, 3.8) is 0 Å². The molecular weight excluding hydrogens is 264 g/mol. The Morgan fingerprint density at radius 2 is 1.95 bits per heavy atom. The maximum absolute atomic E-state index is 9.82. The number of benzene rings is 2. The van der Waals surface area contributed by atoms with Crippen molar-refractivity contribution in [3.05, 3.63) is 54.1 Å². The molecule has 2 N–H and O–H groups in total. The van der Waals surface area contributed by atoms with Crippen molar-refractivity contribution in [2.45, 2.75) is 19.6 Å². The van der Waals surface area contributed by atoms with Crippen molar-refractivity contribution < 1.29 is 10.2 Å².